The number of anilines is 1. The van der Waals surface area contributed by atoms with Crippen LogP contribution in [0.4, 0.5) is 10.5 Å². The number of hydrogen-bond acceptors (Lipinski definition) is 5. The van der Waals surface area contributed by atoms with Crippen molar-refractivity contribution >= 4 is 33.3 Å². The lowest BCUT2D eigenvalue weighted by atomic mass is 9.95. The first-order valence-corrected chi connectivity index (χ1v) is 12.2. The molecule has 2 amide bonds. The van der Waals surface area contributed by atoms with Crippen molar-refractivity contribution in [1.29, 1.82) is 0 Å². The van der Waals surface area contributed by atoms with Gasteiger partial charge in [0.1, 0.15) is 11.5 Å². The number of rotatable bonds is 8. The molecule has 0 unspecified atom stereocenters. The van der Waals surface area contributed by atoms with E-state index >= 15 is 0 Å². The maximum Gasteiger partial charge on any atom is 0.319 e. The number of nitrogens with one attached hydrogen (secondary N) is 2. The highest BCUT2D eigenvalue weighted by Gasteiger charge is 2.29. The van der Waals surface area contributed by atoms with E-state index in [0.717, 1.165) is 19.3 Å². The smallest absolute Gasteiger partial charge is 0.319 e. The lowest BCUT2D eigenvalue weighted by molar-refractivity contribution is 0.245. The molecule has 0 saturated carbocycles. The van der Waals surface area contributed by atoms with Gasteiger partial charge in [0.05, 0.1) is 29.8 Å². The van der Waals surface area contributed by atoms with Crippen molar-refractivity contribution in [3.8, 4) is 11.5 Å². The maximum absolute atomic E-state index is 12.7. The molecule has 3 rings (SSSR count). The van der Waals surface area contributed by atoms with Gasteiger partial charge in [0.2, 0.25) is 10.0 Å². The molecule has 2 aromatic carbocycles. The van der Waals surface area contributed by atoms with Crippen LogP contribution >= 0.6 is 11.6 Å². The summed E-state index contributed by atoms with van der Waals surface area (Å²) in [6.45, 7) is 1.44. The monoisotopic (exact) mass is 481 g/mol. The zero-order valence-corrected chi connectivity index (χ0v) is 19.7. The van der Waals surface area contributed by atoms with Gasteiger partial charge in [-0.2, -0.15) is 4.31 Å². The third-order valence-electron chi connectivity index (χ3n) is 5.51. The van der Waals surface area contributed by atoms with Gasteiger partial charge in [-0.25, -0.2) is 13.2 Å². The molecule has 1 saturated heterocycles. The second kappa shape index (κ2) is 10.9. The number of amides is 2. The van der Waals surface area contributed by atoms with Crippen molar-refractivity contribution in [2.45, 2.75) is 24.2 Å². The molecule has 1 fully saturated rings. The summed E-state index contributed by atoms with van der Waals surface area (Å²) < 4.78 is 37.4. The van der Waals surface area contributed by atoms with E-state index in [2.05, 4.69) is 10.6 Å². The van der Waals surface area contributed by atoms with Crippen LogP contribution in [0.2, 0.25) is 5.02 Å². The third kappa shape index (κ3) is 5.85. The minimum absolute atomic E-state index is 0.325. The van der Waals surface area contributed by atoms with E-state index in [1.54, 1.807) is 46.8 Å². The SMILES string of the molecule is COc1cc(OC)c(NC(=O)NCCC2CCN(S(=O)(=O)c3ccccc3)CC2)cc1Cl. The molecule has 1 aliphatic heterocycles. The van der Waals surface area contributed by atoms with Gasteiger partial charge in [-0.05, 0) is 43.4 Å². The van der Waals surface area contributed by atoms with Gasteiger partial charge in [-0.1, -0.05) is 29.8 Å². The highest BCUT2D eigenvalue weighted by molar-refractivity contribution is 7.89. The zero-order chi connectivity index (χ0) is 23.1. The summed E-state index contributed by atoms with van der Waals surface area (Å²) in [5.74, 6) is 1.24. The molecule has 1 aliphatic rings. The molecule has 174 valence electrons. The Labute approximate surface area is 193 Å². The van der Waals surface area contributed by atoms with Crippen LogP contribution in [0.3, 0.4) is 0 Å². The van der Waals surface area contributed by atoms with Crippen LogP contribution < -0.4 is 20.1 Å². The first-order chi connectivity index (χ1) is 15.3. The van der Waals surface area contributed by atoms with E-state index < -0.39 is 10.0 Å². The molecule has 1 heterocycles. The number of sulfonamides is 1. The molecule has 2 aromatic rings. The standard InChI is InChI=1S/C22H28ClN3O5S/c1-30-20-15-21(31-2)19(14-18(20)23)25-22(27)24-11-8-16-9-12-26(13-10-16)32(28,29)17-6-4-3-5-7-17/h3-7,14-16H,8-13H2,1-2H3,(H2,24,25,27). The van der Waals surface area contributed by atoms with Crippen LogP contribution in [-0.4, -0.2) is 52.6 Å². The number of benzene rings is 2. The number of halogens is 1. The van der Waals surface area contributed by atoms with Gasteiger partial charge in [-0.15, -0.1) is 0 Å². The summed E-state index contributed by atoms with van der Waals surface area (Å²) >= 11 is 6.13. The van der Waals surface area contributed by atoms with Crippen molar-refractivity contribution in [2.24, 2.45) is 5.92 Å². The molecular formula is C22H28ClN3O5S. The number of carbonyl (C=O) groups excluding carboxylic acids is 1. The molecule has 0 bridgehead atoms. The Morgan fingerprint density at radius 1 is 1.09 bits per heavy atom. The Morgan fingerprint density at radius 3 is 2.38 bits per heavy atom. The molecule has 0 aliphatic carbocycles. The Balaban J connectivity index is 1.45. The number of urea groups is 1. The van der Waals surface area contributed by atoms with Gasteiger partial charge < -0.3 is 20.1 Å². The van der Waals surface area contributed by atoms with Crippen LogP contribution in [0, 0.1) is 5.92 Å². The van der Waals surface area contributed by atoms with Crippen molar-refractivity contribution in [1.82, 2.24) is 9.62 Å². The summed E-state index contributed by atoms with van der Waals surface area (Å²) in [5, 5.41) is 5.93. The van der Waals surface area contributed by atoms with E-state index in [1.807, 2.05) is 0 Å². The van der Waals surface area contributed by atoms with Gasteiger partial charge in [-0.3, -0.25) is 0 Å². The van der Waals surface area contributed by atoms with E-state index in [0.29, 0.717) is 52.7 Å². The third-order valence-corrected chi connectivity index (χ3v) is 7.72. The fourth-order valence-electron chi connectivity index (χ4n) is 3.69. The number of piperidine rings is 1. The average molecular weight is 482 g/mol. The maximum atomic E-state index is 12.7. The highest BCUT2D eigenvalue weighted by Crippen LogP contribution is 2.35. The summed E-state index contributed by atoms with van der Waals surface area (Å²) in [6.07, 6.45) is 2.29. The largest absolute Gasteiger partial charge is 0.495 e. The van der Waals surface area contributed by atoms with E-state index in [1.165, 1.54) is 14.2 Å². The highest BCUT2D eigenvalue weighted by atomic mass is 35.5. The molecule has 0 atom stereocenters. The molecule has 8 nitrogen and oxygen atoms in total. The van der Waals surface area contributed by atoms with E-state index in [-0.39, 0.29) is 6.03 Å². The Kier molecular flexibility index (Phi) is 8.22. The van der Waals surface area contributed by atoms with Crippen LogP contribution in [0.15, 0.2) is 47.4 Å². The van der Waals surface area contributed by atoms with Crippen LogP contribution in [0.1, 0.15) is 19.3 Å². The molecule has 32 heavy (non-hydrogen) atoms. The molecule has 0 spiro atoms. The lowest BCUT2D eigenvalue weighted by Crippen LogP contribution is -2.39. The van der Waals surface area contributed by atoms with Gasteiger partial charge >= 0.3 is 6.03 Å². The minimum atomic E-state index is -3.45. The molecular weight excluding hydrogens is 454 g/mol. The normalized spacial score (nSPS) is 15.2. The fraction of sp³-hybridized carbons (Fsp3) is 0.409. The van der Waals surface area contributed by atoms with Gasteiger partial charge in [0, 0.05) is 25.7 Å². The minimum Gasteiger partial charge on any atom is -0.495 e. The molecule has 2 N–H and O–H groups in total. The average Bonchev–Trinajstić information content (AvgIpc) is 2.80. The van der Waals surface area contributed by atoms with E-state index in [4.69, 9.17) is 21.1 Å². The topological polar surface area (TPSA) is 97.0 Å². The Bertz CT molecular complexity index is 1030. The Morgan fingerprint density at radius 2 is 1.75 bits per heavy atom. The van der Waals surface area contributed by atoms with Crippen molar-refractivity contribution < 1.29 is 22.7 Å². The van der Waals surface area contributed by atoms with Gasteiger partial charge in [0.15, 0.2) is 0 Å². The van der Waals surface area contributed by atoms with Crippen molar-refractivity contribution in [3.05, 3.63) is 47.5 Å². The summed E-state index contributed by atoms with van der Waals surface area (Å²) in [7, 11) is -0.449. The molecule has 0 radical (unpaired) electrons. The van der Waals surface area contributed by atoms with Crippen molar-refractivity contribution in [2.75, 3.05) is 39.2 Å². The summed E-state index contributed by atoms with van der Waals surface area (Å²) in [5.41, 5.74) is 0.440. The summed E-state index contributed by atoms with van der Waals surface area (Å²) in [4.78, 5) is 12.6. The van der Waals surface area contributed by atoms with Crippen molar-refractivity contribution in [3.63, 3.8) is 0 Å². The predicted octanol–water partition coefficient (Wildman–Crippen LogP) is 3.97. The second-order valence-corrected chi connectivity index (χ2v) is 9.86. The number of nitrogens with zero attached hydrogens (tertiary/aromatic N) is 1. The summed E-state index contributed by atoms with van der Waals surface area (Å²) in [6, 6.07) is 11.3. The zero-order valence-electron chi connectivity index (χ0n) is 18.1. The Hall–Kier alpha value is -2.49. The predicted molar refractivity (Wildman–Crippen MR) is 124 cm³/mol. The number of carbonyl (C=O) groups is 1. The number of ether oxygens (including phenoxy) is 2. The number of hydrogen-bond donors (Lipinski definition) is 2. The first-order valence-electron chi connectivity index (χ1n) is 10.4. The second-order valence-electron chi connectivity index (χ2n) is 7.52. The molecule has 0 aromatic heterocycles. The fourth-order valence-corrected chi connectivity index (χ4v) is 5.43. The first kappa shape index (κ1) is 24.2. The van der Waals surface area contributed by atoms with Crippen LogP contribution in [-0.2, 0) is 10.0 Å². The number of methoxy groups -OCH3 is 2. The van der Waals surface area contributed by atoms with E-state index in [9.17, 15) is 13.2 Å². The molecule has 10 heteroatoms. The van der Waals surface area contributed by atoms with Crippen LogP contribution in [0.25, 0.3) is 0 Å². The van der Waals surface area contributed by atoms with Gasteiger partial charge in [0.25, 0.3) is 0 Å². The lowest BCUT2D eigenvalue weighted by Gasteiger charge is -2.31. The quantitative estimate of drug-likeness (QED) is 0.594. The van der Waals surface area contributed by atoms with Crippen LogP contribution in [0.5, 0.6) is 11.5 Å².